The van der Waals surface area contributed by atoms with Gasteiger partial charge < -0.3 is 9.64 Å². The molecule has 0 aliphatic rings. The first-order chi connectivity index (χ1) is 18.7. The number of hydrogen-bond acceptors (Lipinski definition) is 4. The molecule has 0 aliphatic heterocycles. The molecule has 0 atom stereocenters. The zero-order valence-corrected chi connectivity index (χ0v) is 21.2. The van der Waals surface area contributed by atoms with E-state index in [-0.39, 0.29) is 12.2 Å². The Balaban J connectivity index is 2.14. The molecule has 0 saturated carbocycles. The molecule has 0 spiro atoms. The third-order valence-electron chi connectivity index (χ3n) is 6.06. The van der Waals surface area contributed by atoms with Gasteiger partial charge in [-0.2, -0.15) is 5.26 Å². The molecule has 0 unspecified atom stereocenters. The fourth-order valence-corrected chi connectivity index (χ4v) is 4.42. The van der Waals surface area contributed by atoms with Gasteiger partial charge in [-0.1, -0.05) is 127 Å². The van der Waals surface area contributed by atoms with Crippen molar-refractivity contribution in [3.63, 3.8) is 0 Å². The van der Waals surface area contributed by atoms with Crippen molar-refractivity contribution in [2.24, 2.45) is 0 Å². The number of esters is 1. The van der Waals surface area contributed by atoms with Crippen molar-refractivity contribution in [3.8, 4) is 6.07 Å². The third kappa shape index (κ3) is 5.64. The van der Waals surface area contributed by atoms with Gasteiger partial charge in [-0.15, -0.1) is 6.58 Å². The van der Waals surface area contributed by atoms with Gasteiger partial charge in [0.25, 0.3) is 0 Å². The summed E-state index contributed by atoms with van der Waals surface area (Å²) in [7, 11) is 1.35. The molecule has 0 N–H and O–H groups in total. The summed E-state index contributed by atoms with van der Waals surface area (Å²) in [6, 6.07) is 41.2. The number of rotatable bonds is 9. The molecule has 4 heteroatoms. The number of nitrogens with zero attached hydrogens (tertiary/aromatic N) is 2. The van der Waals surface area contributed by atoms with Crippen LogP contribution in [0.2, 0.25) is 0 Å². The van der Waals surface area contributed by atoms with E-state index in [4.69, 9.17) is 4.74 Å². The van der Waals surface area contributed by atoms with Gasteiger partial charge in [0.2, 0.25) is 0 Å². The molecule has 0 aliphatic carbocycles. The maximum atomic E-state index is 13.6. The van der Waals surface area contributed by atoms with E-state index in [0.717, 1.165) is 22.3 Å². The van der Waals surface area contributed by atoms with Crippen LogP contribution >= 0.6 is 0 Å². The SMILES string of the molecule is C=CCN(C(C#N)=C(c1ccccc1)c1ccccc1)C(C(=O)OC)=C(c1ccccc1)c1ccccc1. The third-order valence-corrected chi connectivity index (χ3v) is 6.06. The molecule has 0 heterocycles. The van der Waals surface area contributed by atoms with Crippen molar-refractivity contribution in [1.82, 2.24) is 4.90 Å². The highest BCUT2D eigenvalue weighted by Crippen LogP contribution is 2.35. The van der Waals surface area contributed by atoms with Crippen LogP contribution in [0, 0.1) is 11.3 Å². The van der Waals surface area contributed by atoms with Gasteiger partial charge in [-0.25, -0.2) is 4.79 Å². The van der Waals surface area contributed by atoms with E-state index in [1.165, 1.54) is 7.11 Å². The van der Waals surface area contributed by atoms with Crippen LogP contribution in [0.5, 0.6) is 0 Å². The summed E-state index contributed by atoms with van der Waals surface area (Å²) in [5.41, 5.74) is 5.30. The van der Waals surface area contributed by atoms with E-state index < -0.39 is 5.97 Å². The number of carbonyl (C=O) groups is 1. The number of ether oxygens (including phenoxy) is 1. The molecular formula is C34H28N2O2. The van der Waals surface area contributed by atoms with Crippen molar-refractivity contribution in [2.45, 2.75) is 0 Å². The number of hydrogen-bond donors (Lipinski definition) is 0. The normalized spacial score (nSPS) is 10.0. The van der Waals surface area contributed by atoms with E-state index in [9.17, 15) is 10.1 Å². The number of benzene rings is 4. The van der Waals surface area contributed by atoms with Crippen LogP contribution in [-0.2, 0) is 9.53 Å². The molecule has 38 heavy (non-hydrogen) atoms. The lowest BCUT2D eigenvalue weighted by molar-refractivity contribution is -0.137. The predicted octanol–water partition coefficient (Wildman–Crippen LogP) is 7.09. The summed E-state index contributed by atoms with van der Waals surface area (Å²) >= 11 is 0. The number of nitriles is 1. The fraction of sp³-hybridized carbons (Fsp3) is 0.0588. The molecule has 0 bridgehead atoms. The molecule has 0 aromatic heterocycles. The van der Waals surface area contributed by atoms with Crippen LogP contribution in [0.1, 0.15) is 22.3 Å². The van der Waals surface area contributed by atoms with Gasteiger partial charge in [-0.3, -0.25) is 0 Å². The smallest absolute Gasteiger partial charge is 0.355 e. The van der Waals surface area contributed by atoms with Crippen LogP contribution in [0.4, 0.5) is 0 Å². The summed E-state index contributed by atoms with van der Waals surface area (Å²) in [5.74, 6) is -0.553. The molecule has 186 valence electrons. The molecule has 0 radical (unpaired) electrons. The lowest BCUT2D eigenvalue weighted by atomic mass is 9.93. The summed E-state index contributed by atoms with van der Waals surface area (Å²) in [6.45, 7) is 4.15. The average Bonchev–Trinajstić information content (AvgIpc) is 2.99. The average molecular weight is 497 g/mol. The standard InChI is InChI=1S/C34H28N2O2/c1-3-24-36(30(25-35)31(26-16-8-4-9-17-26)27-18-10-5-11-19-27)33(34(37)38-2)32(28-20-12-6-13-21-28)29-22-14-7-15-23-29/h3-23H,1,24H2,2H3. The summed E-state index contributed by atoms with van der Waals surface area (Å²) in [4.78, 5) is 15.4. The van der Waals surface area contributed by atoms with Crippen molar-refractivity contribution in [2.75, 3.05) is 13.7 Å². The molecule has 4 aromatic carbocycles. The van der Waals surface area contributed by atoms with Crippen molar-refractivity contribution in [1.29, 1.82) is 5.26 Å². The van der Waals surface area contributed by atoms with Gasteiger partial charge in [0.05, 0.1) is 7.11 Å². The molecule has 4 nitrogen and oxygen atoms in total. The van der Waals surface area contributed by atoms with Gasteiger partial charge in [-0.05, 0) is 22.3 Å². The van der Waals surface area contributed by atoms with Crippen LogP contribution in [-0.4, -0.2) is 24.5 Å². The second kappa shape index (κ2) is 12.7. The van der Waals surface area contributed by atoms with Crippen LogP contribution in [0.3, 0.4) is 0 Å². The Hall–Kier alpha value is -5.14. The van der Waals surface area contributed by atoms with Gasteiger partial charge in [0.1, 0.15) is 17.5 Å². The van der Waals surface area contributed by atoms with E-state index in [0.29, 0.717) is 16.8 Å². The largest absolute Gasteiger partial charge is 0.464 e. The Labute approximate surface area is 224 Å². The Morgan fingerprint density at radius 1 is 0.737 bits per heavy atom. The van der Waals surface area contributed by atoms with Crippen LogP contribution < -0.4 is 0 Å². The first-order valence-corrected chi connectivity index (χ1v) is 12.3. The van der Waals surface area contributed by atoms with Gasteiger partial charge in [0, 0.05) is 17.7 Å². The quantitative estimate of drug-likeness (QED) is 0.107. The minimum Gasteiger partial charge on any atom is -0.464 e. The minimum atomic E-state index is -0.553. The monoisotopic (exact) mass is 496 g/mol. The summed E-state index contributed by atoms with van der Waals surface area (Å²) in [6.07, 6.45) is 1.68. The molecule has 4 aromatic rings. The number of methoxy groups -OCH3 is 1. The molecular weight excluding hydrogens is 468 g/mol. The Kier molecular flexibility index (Phi) is 8.68. The van der Waals surface area contributed by atoms with Gasteiger partial charge in [0.15, 0.2) is 0 Å². The number of carbonyl (C=O) groups excluding carboxylic acids is 1. The van der Waals surface area contributed by atoms with Gasteiger partial charge >= 0.3 is 5.97 Å². The lowest BCUT2D eigenvalue weighted by Gasteiger charge is -2.29. The van der Waals surface area contributed by atoms with E-state index in [1.807, 2.05) is 121 Å². The van der Waals surface area contributed by atoms with E-state index >= 15 is 0 Å². The lowest BCUT2D eigenvalue weighted by Crippen LogP contribution is -2.30. The minimum absolute atomic E-state index is 0.208. The molecule has 0 saturated heterocycles. The van der Waals surface area contributed by atoms with Crippen LogP contribution in [0.25, 0.3) is 11.1 Å². The van der Waals surface area contributed by atoms with Crippen molar-refractivity contribution in [3.05, 3.63) is 168 Å². The molecule has 4 rings (SSSR count). The highest BCUT2D eigenvalue weighted by atomic mass is 16.5. The first kappa shape index (κ1) is 25.9. The van der Waals surface area contributed by atoms with Crippen molar-refractivity contribution < 1.29 is 9.53 Å². The highest BCUT2D eigenvalue weighted by Gasteiger charge is 2.29. The summed E-state index contributed by atoms with van der Waals surface area (Å²) < 4.78 is 5.34. The van der Waals surface area contributed by atoms with Crippen molar-refractivity contribution >= 4 is 17.1 Å². The molecule has 0 fully saturated rings. The van der Waals surface area contributed by atoms with E-state index in [1.54, 1.807) is 11.0 Å². The topological polar surface area (TPSA) is 53.3 Å². The second-order valence-corrected chi connectivity index (χ2v) is 8.41. The fourth-order valence-electron chi connectivity index (χ4n) is 4.42. The Morgan fingerprint density at radius 2 is 1.11 bits per heavy atom. The zero-order valence-electron chi connectivity index (χ0n) is 21.2. The Bertz CT molecular complexity index is 1400. The first-order valence-electron chi connectivity index (χ1n) is 12.3. The van der Waals surface area contributed by atoms with Crippen LogP contribution in [0.15, 0.2) is 145 Å². The maximum Gasteiger partial charge on any atom is 0.355 e. The Morgan fingerprint density at radius 3 is 1.42 bits per heavy atom. The highest BCUT2D eigenvalue weighted by molar-refractivity contribution is 6.02. The number of allylic oxidation sites excluding steroid dienone is 1. The second-order valence-electron chi connectivity index (χ2n) is 8.41. The van der Waals surface area contributed by atoms with E-state index in [2.05, 4.69) is 12.6 Å². The zero-order chi connectivity index (χ0) is 26.7. The maximum absolute atomic E-state index is 13.6. The predicted molar refractivity (Wildman–Crippen MR) is 152 cm³/mol. The summed E-state index contributed by atoms with van der Waals surface area (Å²) in [5, 5.41) is 10.7. The molecule has 0 amide bonds.